The van der Waals surface area contributed by atoms with Gasteiger partial charge in [0.25, 0.3) is 0 Å². The summed E-state index contributed by atoms with van der Waals surface area (Å²) in [6.45, 7) is 3.31. The van der Waals surface area contributed by atoms with Crippen molar-refractivity contribution in [3.8, 4) is 0 Å². The van der Waals surface area contributed by atoms with E-state index in [9.17, 15) is 13.2 Å². The van der Waals surface area contributed by atoms with Crippen molar-refractivity contribution in [1.29, 1.82) is 0 Å². The van der Waals surface area contributed by atoms with E-state index >= 15 is 0 Å². The van der Waals surface area contributed by atoms with Crippen LogP contribution in [0, 0.1) is 5.92 Å². The molecule has 1 saturated carbocycles. The van der Waals surface area contributed by atoms with E-state index in [0.717, 1.165) is 37.8 Å². The summed E-state index contributed by atoms with van der Waals surface area (Å²) < 4.78 is 45.5. The Kier molecular flexibility index (Phi) is 4.29. The lowest BCUT2D eigenvalue weighted by molar-refractivity contribution is -0.141. The van der Waals surface area contributed by atoms with Crippen molar-refractivity contribution in [3.63, 3.8) is 0 Å². The van der Waals surface area contributed by atoms with Crippen LogP contribution in [0.2, 0.25) is 0 Å². The van der Waals surface area contributed by atoms with Gasteiger partial charge in [-0.3, -0.25) is 4.90 Å². The fourth-order valence-electron chi connectivity index (χ4n) is 3.48. The molecule has 2 aromatic rings. The molecule has 26 heavy (non-hydrogen) atoms. The maximum atomic E-state index is 12.8. The molecule has 1 fully saturated rings. The summed E-state index contributed by atoms with van der Waals surface area (Å²) in [5, 5.41) is 4.05. The van der Waals surface area contributed by atoms with Crippen LogP contribution in [-0.4, -0.2) is 38.2 Å². The summed E-state index contributed by atoms with van der Waals surface area (Å²) in [5.41, 5.74) is -0.798. The molecule has 0 radical (unpaired) electrons. The predicted molar refractivity (Wildman–Crippen MR) is 86.4 cm³/mol. The van der Waals surface area contributed by atoms with Gasteiger partial charge < -0.3 is 9.09 Å². The van der Waals surface area contributed by atoms with Crippen LogP contribution in [0.25, 0.3) is 0 Å². The lowest BCUT2D eigenvalue weighted by Gasteiger charge is -2.30. The topological polar surface area (TPSA) is 60.0 Å². The minimum Gasteiger partial charge on any atom is -0.338 e. The van der Waals surface area contributed by atoms with Gasteiger partial charge in [0.2, 0.25) is 5.89 Å². The molecule has 4 rings (SSSR count). The van der Waals surface area contributed by atoms with Gasteiger partial charge in [-0.2, -0.15) is 18.2 Å². The lowest BCUT2D eigenvalue weighted by atomic mass is 9.98. The van der Waals surface area contributed by atoms with Crippen molar-refractivity contribution < 1.29 is 17.7 Å². The number of aromatic nitrogens is 4. The number of imidazole rings is 1. The van der Waals surface area contributed by atoms with Crippen LogP contribution in [0.1, 0.15) is 61.4 Å². The van der Waals surface area contributed by atoms with Crippen LogP contribution < -0.4 is 0 Å². The molecule has 1 aliphatic heterocycles. The number of aryl methyl sites for hydroxylation is 1. The van der Waals surface area contributed by atoms with E-state index in [1.54, 1.807) is 4.57 Å². The Morgan fingerprint density at radius 2 is 2.08 bits per heavy atom. The first-order valence-electron chi connectivity index (χ1n) is 8.98. The van der Waals surface area contributed by atoms with E-state index in [2.05, 4.69) is 20.0 Å². The quantitative estimate of drug-likeness (QED) is 0.808. The van der Waals surface area contributed by atoms with Crippen LogP contribution in [0.4, 0.5) is 13.2 Å². The Hall–Kier alpha value is -1.90. The van der Waals surface area contributed by atoms with Crippen molar-refractivity contribution in [2.75, 3.05) is 13.6 Å². The van der Waals surface area contributed by atoms with Gasteiger partial charge in [-0.05, 0) is 39.2 Å². The molecule has 0 N–H and O–H groups in total. The van der Waals surface area contributed by atoms with E-state index in [1.807, 2.05) is 14.0 Å². The van der Waals surface area contributed by atoms with Gasteiger partial charge >= 0.3 is 6.18 Å². The minimum atomic E-state index is -4.39. The van der Waals surface area contributed by atoms with Gasteiger partial charge in [0.15, 0.2) is 11.5 Å². The van der Waals surface area contributed by atoms with E-state index < -0.39 is 11.9 Å². The minimum absolute atomic E-state index is 0.0232. The molecule has 0 bridgehead atoms. The third kappa shape index (κ3) is 3.49. The second-order valence-electron chi connectivity index (χ2n) is 7.48. The van der Waals surface area contributed by atoms with Gasteiger partial charge in [-0.1, -0.05) is 5.16 Å². The third-order valence-electron chi connectivity index (χ3n) is 5.35. The van der Waals surface area contributed by atoms with Crippen LogP contribution in [0.15, 0.2) is 10.7 Å². The zero-order chi connectivity index (χ0) is 18.5. The summed E-state index contributed by atoms with van der Waals surface area (Å²) >= 11 is 0. The van der Waals surface area contributed by atoms with Crippen molar-refractivity contribution in [2.45, 2.75) is 57.3 Å². The summed E-state index contributed by atoms with van der Waals surface area (Å²) in [6, 6.07) is -0.0232. The standard InChI is InChI=1S/C17H22F3N5O/c1-10(16-22-15(23-26-16)12-4-5-12)24(2)7-11-3-6-14-21-13(17(18,19)20)9-25(14)8-11/h9-12H,3-8H2,1-2H3/t10-,11+/m0/s1. The third-order valence-corrected chi connectivity index (χ3v) is 5.35. The van der Waals surface area contributed by atoms with Crippen LogP contribution >= 0.6 is 0 Å². The van der Waals surface area contributed by atoms with Crippen molar-refractivity contribution in [2.24, 2.45) is 5.92 Å². The second kappa shape index (κ2) is 6.37. The molecular weight excluding hydrogens is 347 g/mol. The fourth-order valence-corrected chi connectivity index (χ4v) is 3.48. The number of nitrogens with zero attached hydrogens (tertiary/aromatic N) is 5. The molecule has 2 atom stereocenters. The van der Waals surface area contributed by atoms with E-state index in [1.165, 1.54) is 0 Å². The first-order valence-corrected chi connectivity index (χ1v) is 8.98. The summed E-state index contributed by atoms with van der Waals surface area (Å²) in [6.07, 6.45) is 0.377. The summed E-state index contributed by atoms with van der Waals surface area (Å²) in [5.74, 6) is 2.63. The van der Waals surface area contributed by atoms with Crippen molar-refractivity contribution >= 4 is 0 Å². The van der Waals surface area contributed by atoms with Gasteiger partial charge in [-0.25, -0.2) is 4.98 Å². The van der Waals surface area contributed by atoms with Crippen LogP contribution in [0.5, 0.6) is 0 Å². The fraction of sp³-hybridized carbons (Fsp3) is 0.706. The van der Waals surface area contributed by atoms with Gasteiger partial charge in [0.1, 0.15) is 5.82 Å². The molecule has 0 unspecified atom stereocenters. The highest BCUT2D eigenvalue weighted by molar-refractivity contribution is 5.10. The molecule has 0 aromatic carbocycles. The second-order valence-corrected chi connectivity index (χ2v) is 7.48. The number of hydrogen-bond donors (Lipinski definition) is 0. The molecular formula is C17H22F3N5O. The zero-order valence-corrected chi connectivity index (χ0v) is 14.8. The predicted octanol–water partition coefficient (Wildman–Crippen LogP) is 3.42. The molecule has 142 valence electrons. The molecule has 0 saturated heterocycles. The number of alkyl halides is 3. The van der Waals surface area contributed by atoms with Gasteiger partial charge in [0, 0.05) is 31.6 Å². The number of rotatable bonds is 5. The Balaban J connectivity index is 1.38. The maximum Gasteiger partial charge on any atom is 0.434 e. The lowest BCUT2D eigenvalue weighted by Crippen LogP contribution is -2.33. The Bertz CT molecular complexity index is 780. The molecule has 0 spiro atoms. The molecule has 6 nitrogen and oxygen atoms in total. The Morgan fingerprint density at radius 3 is 2.77 bits per heavy atom. The smallest absolute Gasteiger partial charge is 0.338 e. The zero-order valence-electron chi connectivity index (χ0n) is 14.8. The highest BCUT2D eigenvalue weighted by atomic mass is 19.4. The molecule has 3 heterocycles. The number of hydrogen-bond acceptors (Lipinski definition) is 5. The van der Waals surface area contributed by atoms with E-state index in [-0.39, 0.29) is 12.0 Å². The Morgan fingerprint density at radius 1 is 1.31 bits per heavy atom. The van der Waals surface area contributed by atoms with Crippen molar-refractivity contribution in [3.05, 3.63) is 29.4 Å². The SMILES string of the molecule is C[C@@H](c1nc(C2CC2)no1)N(C)C[C@H]1CCc2nc(C(F)(F)F)cn2C1. The monoisotopic (exact) mass is 369 g/mol. The molecule has 9 heteroatoms. The Labute approximate surface area is 149 Å². The van der Waals surface area contributed by atoms with E-state index in [0.29, 0.717) is 30.6 Å². The molecule has 2 aliphatic rings. The summed E-state index contributed by atoms with van der Waals surface area (Å²) in [4.78, 5) is 10.4. The molecule has 0 amide bonds. The van der Waals surface area contributed by atoms with Gasteiger partial charge in [-0.15, -0.1) is 0 Å². The first kappa shape index (κ1) is 17.5. The van der Waals surface area contributed by atoms with Gasteiger partial charge in [0.05, 0.1) is 6.04 Å². The normalized spacial score (nSPS) is 21.8. The summed E-state index contributed by atoms with van der Waals surface area (Å²) in [7, 11) is 1.98. The largest absolute Gasteiger partial charge is 0.434 e. The first-order chi connectivity index (χ1) is 12.3. The van der Waals surface area contributed by atoms with Crippen LogP contribution in [-0.2, 0) is 19.1 Å². The average Bonchev–Trinajstić information content (AvgIpc) is 3.15. The van der Waals surface area contributed by atoms with Crippen molar-refractivity contribution in [1.82, 2.24) is 24.6 Å². The van der Waals surface area contributed by atoms with E-state index in [4.69, 9.17) is 4.52 Å². The molecule has 1 aliphatic carbocycles. The number of halogens is 3. The molecule has 2 aromatic heterocycles. The van der Waals surface area contributed by atoms with Crippen LogP contribution in [0.3, 0.4) is 0 Å². The maximum absolute atomic E-state index is 12.8. The average molecular weight is 369 g/mol. The highest BCUT2D eigenvalue weighted by Crippen LogP contribution is 2.38. The highest BCUT2D eigenvalue weighted by Gasteiger charge is 2.36. The number of fused-ring (bicyclic) bond motifs is 1.